The standard InChI is InChI=1S/C16H28N4O3/c21-15(19-5-2-1-3-6-19)12-18-7-9-20(10-8-18)16(22)14-13-23-11-4-17-14/h14,17H,1-13H2. The lowest BCUT2D eigenvalue weighted by atomic mass is 10.1. The van der Waals surface area contributed by atoms with E-state index in [1.807, 2.05) is 9.80 Å². The summed E-state index contributed by atoms with van der Waals surface area (Å²) in [5.41, 5.74) is 0. The average Bonchev–Trinajstić information content (AvgIpc) is 2.63. The normalized spacial score (nSPS) is 27.0. The predicted molar refractivity (Wildman–Crippen MR) is 86.1 cm³/mol. The lowest BCUT2D eigenvalue weighted by Crippen LogP contribution is -2.58. The molecule has 130 valence electrons. The molecule has 0 spiro atoms. The van der Waals surface area contributed by atoms with Gasteiger partial charge in [0.2, 0.25) is 11.8 Å². The Bertz CT molecular complexity index is 412. The minimum atomic E-state index is -0.203. The number of piperidine rings is 1. The van der Waals surface area contributed by atoms with Gasteiger partial charge in [-0.25, -0.2) is 0 Å². The third kappa shape index (κ3) is 4.43. The molecule has 1 N–H and O–H groups in total. The Hall–Kier alpha value is -1.18. The molecule has 7 heteroatoms. The highest BCUT2D eigenvalue weighted by Gasteiger charge is 2.29. The summed E-state index contributed by atoms with van der Waals surface area (Å²) in [7, 11) is 0. The Morgan fingerprint density at radius 3 is 2.35 bits per heavy atom. The van der Waals surface area contributed by atoms with Crippen LogP contribution in [0.25, 0.3) is 0 Å². The number of carbonyl (C=O) groups is 2. The van der Waals surface area contributed by atoms with Crippen LogP contribution in [0.3, 0.4) is 0 Å². The maximum atomic E-state index is 12.4. The van der Waals surface area contributed by atoms with Gasteiger partial charge in [-0.1, -0.05) is 0 Å². The van der Waals surface area contributed by atoms with Gasteiger partial charge in [0.05, 0.1) is 19.8 Å². The number of ether oxygens (including phenoxy) is 1. The molecule has 3 aliphatic heterocycles. The monoisotopic (exact) mass is 324 g/mol. The van der Waals surface area contributed by atoms with Gasteiger partial charge in [-0.15, -0.1) is 0 Å². The summed E-state index contributed by atoms with van der Waals surface area (Å²) in [4.78, 5) is 30.8. The summed E-state index contributed by atoms with van der Waals surface area (Å²) in [5.74, 6) is 0.374. The third-order valence-electron chi connectivity index (χ3n) is 4.97. The fourth-order valence-corrected chi connectivity index (χ4v) is 3.51. The second-order valence-corrected chi connectivity index (χ2v) is 6.62. The summed E-state index contributed by atoms with van der Waals surface area (Å²) in [6.45, 7) is 7.14. The Labute approximate surface area is 137 Å². The zero-order valence-electron chi connectivity index (χ0n) is 13.8. The number of piperazine rings is 1. The summed E-state index contributed by atoms with van der Waals surface area (Å²) in [5, 5.41) is 3.21. The fourth-order valence-electron chi connectivity index (χ4n) is 3.51. The number of rotatable bonds is 3. The molecule has 23 heavy (non-hydrogen) atoms. The molecule has 0 aliphatic carbocycles. The van der Waals surface area contributed by atoms with Gasteiger partial charge in [0.25, 0.3) is 0 Å². The minimum Gasteiger partial charge on any atom is -0.378 e. The van der Waals surface area contributed by atoms with Crippen molar-refractivity contribution in [1.29, 1.82) is 0 Å². The van der Waals surface area contributed by atoms with Gasteiger partial charge >= 0.3 is 0 Å². The first-order valence-electron chi connectivity index (χ1n) is 8.84. The average molecular weight is 324 g/mol. The topological polar surface area (TPSA) is 65.1 Å². The van der Waals surface area contributed by atoms with Crippen LogP contribution in [0, 0.1) is 0 Å². The highest BCUT2D eigenvalue weighted by Crippen LogP contribution is 2.11. The zero-order chi connectivity index (χ0) is 16.1. The van der Waals surface area contributed by atoms with Gasteiger partial charge in [0, 0.05) is 45.8 Å². The number of hydrogen-bond donors (Lipinski definition) is 1. The molecule has 3 heterocycles. The molecule has 0 aromatic heterocycles. The van der Waals surface area contributed by atoms with Crippen LogP contribution in [-0.4, -0.2) is 98.1 Å². The molecule has 0 saturated carbocycles. The molecule has 3 rings (SSSR count). The van der Waals surface area contributed by atoms with E-state index in [2.05, 4.69) is 10.2 Å². The molecule has 0 bridgehead atoms. The highest BCUT2D eigenvalue weighted by molar-refractivity contribution is 5.82. The van der Waals surface area contributed by atoms with Crippen molar-refractivity contribution in [3.05, 3.63) is 0 Å². The van der Waals surface area contributed by atoms with E-state index in [1.165, 1.54) is 6.42 Å². The van der Waals surface area contributed by atoms with Crippen molar-refractivity contribution in [1.82, 2.24) is 20.0 Å². The van der Waals surface area contributed by atoms with Crippen molar-refractivity contribution in [3.8, 4) is 0 Å². The van der Waals surface area contributed by atoms with Gasteiger partial charge in [-0.05, 0) is 19.3 Å². The van der Waals surface area contributed by atoms with E-state index >= 15 is 0 Å². The number of morpholine rings is 1. The van der Waals surface area contributed by atoms with E-state index in [1.54, 1.807) is 0 Å². The Morgan fingerprint density at radius 1 is 0.957 bits per heavy atom. The number of hydrogen-bond acceptors (Lipinski definition) is 5. The molecule has 2 amide bonds. The van der Waals surface area contributed by atoms with Crippen molar-refractivity contribution in [2.45, 2.75) is 25.3 Å². The van der Waals surface area contributed by atoms with Crippen LogP contribution in [0.2, 0.25) is 0 Å². The number of amides is 2. The Kier molecular flexibility index (Phi) is 5.85. The van der Waals surface area contributed by atoms with Crippen LogP contribution in [-0.2, 0) is 14.3 Å². The predicted octanol–water partition coefficient (Wildman–Crippen LogP) is -0.868. The van der Waals surface area contributed by atoms with E-state index in [4.69, 9.17) is 4.74 Å². The molecular weight excluding hydrogens is 296 g/mol. The number of nitrogens with one attached hydrogen (secondary N) is 1. The molecule has 0 aromatic rings. The fraction of sp³-hybridized carbons (Fsp3) is 0.875. The van der Waals surface area contributed by atoms with Gasteiger partial charge in [-0.3, -0.25) is 14.5 Å². The summed E-state index contributed by atoms with van der Waals surface area (Å²) in [6.07, 6.45) is 3.50. The van der Waals surface area contributed by atoms with Gasteiger partial charge < -0.3 is 19.9 Å². The lowest BCUT2D eigenvalue weighted by Gasteiger charge is -2.38. The molecule has 1 unspecified atom stereocenters. The van der Waals surface area contributed by atoms with Crippen LogP contribution in [0.4, 0.5) is 0 Å². The first kappa shape index (κ1) is 16.7. The van der Waals surface area contributed by atoms with Gasteiger partial charge in [0.1, 0.15) is 6.04 Å². The van der Waals surface area contributed by atoms with Crippen LogP contribution in [0.5, 0.6) is 0 Å². The van der Waals surface area contributed by atoms with Crippen LogP contribution >= 0.6 is 0 Å². The largest absolute Gasteiger partial charge is 0.378 e. The molecule has 0 radical (unpaired) electrons. The first-order valence-corrected chi connectivity index (χ1v) is 8.84. The molecule has 3 fully saturated rings. The van der Waals surface area contributed by atoms with E-state index in [9.17, 15) is 9.59 Å². The van der Waals surface area contributed by atoms with Gasteiger partial charge in [0.15, 0.2) is 0 Å². The van der Waals surface area contributed by atoms with E-state index in [-0.39, 0.29) is 17.9 Å². The summed E-state index contributed by atoms with van der Waals surface area (Å²) < 4.78 is 5.36. The molecule has 3 aliphatic rings. The summed E-state index contributed by atoms with van der Waals surface area (Å²) >= 11 is 0. The Morgan fingerprint density at radius 2 is 1.70 bits per heavy atom. The van der Waals surface area contributed by atoms with Crippen molar-refractivity contribution in [3.63, 3.8) is 0 Å². The maximum absolute atomic E-state index is 12.4. The second-order valence-electron chi connectivity index (χ2n) is 6.62. The molecule has 1 atom stereocenters. The number of carbonyl (C=O) groups excluding carboxylic acids is 2. The smallest absolute Gasteiger partial charge is 0.242 e. The lowest BCUT2D eigenvalue weighted by molar-refractivity contribution is -0.139. The minimum absolute atomic E-state index is 0.131. The van der Waals surface area contributed by atoms with E-state index in [0.717, 1.165) is 45.6 Å². The van der Waals surface area contributed by atoms with E-state index < -0.39 is 0 Å². The summed E-state index contributed by atoms with van der Waals surface area (Å²) in [6, 6.07) is -0.203. The zero-order valence-corrected chi connectivity index (χ0v) is 13.8. The van der Waals surface area contributed by atoms with Crippen LogP contribution in [0.1, 0.15) is 19.3 Å². The first-order chi connectivity index (χ1) is 11.2. The third-order valence-corrected chi connectivity index (χ3v) is 4.97. The SMILES string of the molecule is O=C(CN1CCN(C(=O)C2COCCN2)CC1)N1CCCCC1. The van der Waals surface area contributed by atoms with Crippen molar-refractivity contribution in [2.24, 2.45) is 0 Å². The van der Waals surface area contributed by atoms with Crippen molar-refractivity contribution in [2.75, 3.05) is 65.6 Å². The van der Waals surface area contributed by atoms with Crippen LogP contribution < -0.4 is 5.32 Å². The van der Waals surface area contributed by atoms with Crippen molar-refractivity contribution < 1.29 is 14.3 Å². The second kappa shape index (κ2) is 8.08. The van der Waals surface area contributed by atoms with Crippen LogP contribution in [0.15, 0.2) is 0 Å². The van der Waals surface area contributed by atoms with Crippen molar-refractivity contribution >= 4 is 11.8 Å². The Balaban J connectivity index is 1.41. The molecule has 0 aromatic carbocycles. The molecular formula is C16H28N4O3. The maximum Gasteiger partial charge on any atom is 0.242 e. The number of likely N-dealkylation sites (tertiary alicyclic amines) is 1. The molecule has 3 saturated heterocycles. The van der Waals surface area contributed by atoms with Gasteiger partial charge in [-0.2, -0.15) is 0 Å². The molecule has 7 nitrogen and oxygen atoms in total. The number of nitrogens with zero attached hydrogens (tertiary/aromatic N) is 3. The quantitative estimate of drug-likeness (QED) is 0.731. The van der Waals surface area contributed by atoms with E-state index in [0.29, 0.717) is 32.8 Å². The highest BCUT2D eigenvalue weighted by atomic mass is 16.5.